The summed E-state index contributed by atoms with van der Waals surface area (Å²) in [6.45, 7) is 42.4. The van der Waals surface area contributed by atoms with Crippen LogP contribution in [0.4, 0.5) is 0 Å². The van der Waals surface area contributed by atoms with Gasteiger partial charge in [0.2, 0.25) is 0 Å². The number of hydrogen-bond acceptors (Lipinski definition) is 0. The third-order valence-corrected chi connectivity index (χ3v) is 3.98. The molecule has 0 aliphatic heterocycles. The lowest BCUT2D eigenvalue weighted by atomic mass is 9.71. The van der Waals surface area contributed by atoms with Crippen molar-refractivity contribution in [3.8, 4) is 0 Å². The molecule has 0 radical (unpaired) electrons. The third-order valence-electron chi connectivity index (χ3n) is 3.98. The van der Waals surface area contributed by atoms with Crippen molar-refractivity contribution >= 4 is 0 Å². The van der Waals surface area contributed by atoms with Crippen LogP contribution in [0.3, 0.4) is 0 Å². The molecule has 0 bridgehead atoms. The number of rotatable bonds is 0. The smallest absolute Gasteiger partial charge is 0.0334 e. The molecule has 0 spiro atoms. The summed E-state index contributed by atoms with van der Waals surface area (Å²) in [6.07, 6.45) is 0. The van der Waals surface area contributed by atoms with Crippen LogP contribution in [-0.4, -0.2) is 0 Å². The molecule has 0 saturated heterocycles. The van der Waals surface area contributed by atoms with E-state index in [1.807, 2.05) is 0 Å². The Balaban J connectivity index is -0.000000120. The van der Waals surface area contributed by atoms with Crippen molar-refractivity contribution in [2.75, 3.05) is 0 Å². The normalized spacial score (nSPS) is 13.0. The molecule has 0 N–H and O–H groups in total. The van der Waals surface area contributed by atoms with E-state index in [0.717, 1.165) is 5.92 Å². The highest BCUT2D eigenvalue weighted by Crippen LogP contribution is 2.36. The second kappa shape index (κ2) is 11.7. The van der Waals surface area contributed by atoms with E-state index >= 15 is 0 Å². The van der Waals surface area contributed by atoms with Crippen LogP contribution in [-0.2, 0) is 0 Å². The van der Waals surface area contributed by atoms with Gasteiger partial charge in [-0.25, -0.2) is 0 Å². The van der Waals surface area contributed by atoms with Crippen LogP contribution in [0.2, 0.25) is 0 Å². The van der Waals surface area contributed by atoms with Crippen molar-refractivity contribution in [3.05, 3.63) is 0 Å². The van der Waals surface area contributed by atoms with Crippen LogP contribution in [0, 0.1) is 33.0 Å². The quantitative estimate of drug-likeness (QED) is 0.404. The van der Waals surface area contributed by atoms with Crippen LogP contribution < -0.4 is 0 Å². The maximum absolute atomic E-state index is 2.27. The van der Waals surface area contributed by atoms with Gasteiger partial charge in [0.05, 0.1) is 0 Å². The van der Waals surface area contributed by atoms with Gasteiger partial charge in [-0.05, 0) is 33.0 Å². The van der Waals surface area contributed by atoms with Crippen LogP contribution in [0.25, 0.3) is 0 Å². The zero-order valence-electron chi connectivity index (χ0n) is 22.1. The van der Waals surface area contributed by atoms with E-state index in [9.17, 15) is 0 Å². The molecule has 0 unspecified atom stereocenters. The van der Waals surface area contributed by atoms with Crippen LogP contribution in [0.1, 0.15) is 132 Å². The Bertz CT molecular complexity index is 247. The summed E-state index contributed by atoms with van der Waals surface area (Å²) in [5, 5.41) is 0. The third kappa shape index (κ3) is 51.6. The predicted molar refractivity (Wildman–Crippen MR) is 123 cm³/mol. The fraction of sp³-hybridized carbons (Fsp3) is 1.00. The highest BCUT2D eigenvalue weighted by atomic mass is 14.3. The lowest BCUT2D eigenvalue weighted by Gasteiger charge is -2.34. The summed E-state index contributed by atoms with van der Waals surface area (Å²) in [7, 11) is 0. The van der Waals surface area contributed by atoms with Crippen LogP contribution in [0.15, 0.2) is 0 Å². The van der Waals surface area contributed by atoms with Gasteiger partial charge in [0.15, 0.2) is 0 Å². The first-order valence-electron chi connectivity index (χ1n) is 10.2. The first kappa shape index (κ1) is 32.7. The zero-order valence-corrected chi connectivity index (χ0v) is 22.1. The molecule has 0 heteroatoms. The molecule has 0 aromatic rings. The molecule has 158 valence electrons. The summed E-state index contributed by atoms with van der Waals surface area (Å²) in [6, 6.07) is 0. The molecular formula is C25H58. The van der Waals surface area contributed by atoms with Crippen molar-refractivity contribution in [2.45, 2.75) is 132 Å². The monoisotopic (exact) mass is 358 g/mol. The van der Waals surface area contributed by atoms with Gasteiger partial charge in [-0.15, -0.1) is 0 Å². The minimum absolute atomic E-state index is 0.437. The Morgan fingerprint density at radius 2 is 0.440 bits per heavy atom. The second-order valence-corrected chi connectivity index (χ2v) is 14.0. The molecule has 0 fully saturated rings. The lowest BCUT2D eigenvalue weighted by Crippen LogP contribution is -2.25. The summed E-state index contributed by atoms with van der Waals surface area (Å²) < 4.78 is 0. The van der Waals surface area contributed by atoms with E-state index in [4.69, 9.17) is 0 Å². The molecule has 0 saturated carbocycles. The standard InChI is InChI=1S/C8H18.C7H16.2C5H12/c1-7(2,3)8(4,5)6;1-6(2)7(3,4)5;2*1-5(2,3)4/h1-6H3;6H,1-5H3;2*1-4H3. The zero-order chi connectivity index (χ0) is 22.1. The lowest BCUT2D eigenvalue weighted by molar-refractivity contribution is 0.157. The average molecular weight is 359 g/mol. The van der Waals surface area contributed by atoms with E-state index in [1.54, 1.807) is 0 Å². The fourth-order valence-electron chi connectivity index (χ4n) is 0. The van der Waals surface area contributed by atoms with E-state index < -0.39 is 0 Å². The van der Waals surface area contributed by atoms with Gasteiger partial charge >= 0.3 is 0 Å². The summed E-state index contributed by atoms with van der Waals surface area (Å²) in [5.41, 5.74) is 2.38. The Labute approximate surface area is 165 Å². The Kier molecular flexibility index (Phi) is 15.2. The Morgan fingerprint density at radius 1 is 0.360 bits per heavy atom. The number of hydrogen-bond donors (Lipinski definition) is 0. The van der Waals surface area contributed by atoms with Crippen LogP contribution >= 0.6 is 0 Å². The topological polar surface area (TPSA) is 0 Å². The van der Waals surface area contributed by atoms with Crippen molar-refractivity contribution in [1.82, 2.24) is 0 Å². The molecule has 0 aromatic heterocycles. The van der Waals surface area contributed by atoms with Gasteiger partial charge in [0, 0.05) is 0 Å². The van der Waals surface area contributed by atoms with E-state index in [-0.39, 0.29) is 0 Å². The van der Waals surface area contributed by atoms with Gasteiger partial charge in [0.1, 0.15) is 0 Å². The molecule has 0 nitrogen and oxygen atoms in total. The van der Waals surface area contributed by atoms with Gasteiger partial charge < -0.3 is 0 Å². The SMILES string of the molecule is CC(C)(C)C.CC(C)(C)C.CC(C)(C)C(C)(C)C.CC(C)C(C)(C)C. The van der Waals surface area contributed by atoms with E-state index in [1.165, 1.54) is 0 Å². The van der Waals surface area contributed by atoms with Gasteiger partial charge in [-0.1, -0.05) is 132 Å². The van der Waals surface area contributed by atoms with E-state index in [0.29, 0.717) is 27.1 Å². The first-order chi connectivity index (χ1) is 10.2. The largest absolute Gasteiger partial charge is 0.0623 e. The fourth-order valence-corrected chi connectivity index (χ4v) is 0. The highest BCUT2D eigenvalue weighted by molar-refractivity contribution is 4.77. The summed E-state index contributed by atoms with van der Waals surface area (Å²) >= 11 is 0. The average Bonchev–Trinajstić information content (AvgIpc) is 2.06. The van der Waals surface area contributed by atoms with Crippen molar-refractivity contribution < 1.29 is 0 Å². The molecule has 0 amide bonds. The Morgan fingerprint density at radius 3 is 0.440 bits per heavy atom. The molecular weight excluding hydrogens is 300 g/mol. The molecule has 25 heavy (non-hydrogen) atoms. The molecule has 0 atom stereocenters. The minimum atomic E-state index is 0.437. The molecule has 0 heterocycles. The van der Waals surface area contributed by atoms with Gasteiger partial charge in [0.25, 0.3) is 0 Å². The van der Waals surface area contributed by atoms with Crippen LogP contribution in [0.5, 0.6) is 0 Å². The maximum atomic E-state index is 2.27. The molecule has 0 aliphatic rings. The minimum Gasteiger partial charge on any atom is -0.0623 e. The van der Waals surface area contributed by atoms with Crippen molar-refractivity contribution in [1.29, 1.82) is 0 Å². The summed E-state index contributed by atoms with van der Waals surface area (Å²) in [4.78, 5) is 0. The predicted octanol–water partition coefficient (Wildman–Crippen LogP) is 9.87. The molecule has 0 aliphatic carbocycles. The second-order valence-electron chi connectivity index (χ2n) is 14.0. The van der Waals surface area contributed by atoms with Gasteiger partial charge in [-0.3, -0.25) is 0 Å². The molecule has 0 rings (SSSR count). The van der Waals surface area contributed by atoms with Gasteiger partial charge in [-0.2, -0.15) is 0 Å². The first-order valence-corrected chi connectivity index (χ1v) is 10.2. The molecule has 0 aromatic carbocycles. The van der Waals surface area contributed by atoms with E-state index in [2.05, 4.69) is 132 Å². The Hall–Kier alpha value is 0. The highest BCUT2D eigenvalue weighted by Gasteiger charge is 2.26. The van der Waals surface area contributed by atoms with Crippen molar-refractivity contribution in [3.63, 3.8) is 0 Å². The van der Waals surface area contributed by atoms with Crippen molar-refractivity contribution in [2.24, 2.45) is 33.0 Å². The summed E-state index contributed by atoms with van der Waals surface area (Å²) in [5.74, 6) is 0.799. The maximum Gasteiger partial charge on any atom is -0.0334 e.